The number of rotatable bonds is 6. The molecule has 3 rings (SSSR count). The molecule has 0 aliphatic carbocycles. The molecule has 0 aromatic heterocycles. The fourth-order valence-corrected chi connectivity index (χ4v) is 3.01. The van der Waals surface area contributed by atoms with Crippen LogP contribution in [0.4, 0.5) is 16.2 Å². The van der Waals surface area contributed by atoms with Crippen molar-refractivity contribution in [3.63, 3.8) is 0 Å². The highest BCUT2D eigenvalue weighted by Gasteiger charge is 2.31. The molecule has 1 aliphatic rings. The monoisotopic (exact) mass is 382 g/mol. The Morgan fingerprint density at radius 1 is 1.14 bits per heavy atom. The third-order valence-electron chi connectivity index (χ3n) is 4.35. The molecule has 1 atom stereocenters. The van der Waals surface area contributed by atoms with Gasteiger partial charge in [0.05, 0.1) is 12.6 Å². The Morgan fingerprint density at radius 3 is 2.43 bits per heavy atom. The van der Waals surface area contributed by atoms with Gasteiger partial charge in [0.1, 0.15) is 5.75 Å². The van der Waals surface area contributed by atoms with Crippen LogP contribution in [0.3, 0.4) is 0 Å². The highest BCUT2D eigenvalue weighted by molar-refractivity contribution is 5.98. The molecule has 2 aromatic rings. The smallest absolute Gasteiger partial charge is 0.319 e. The summed E-state index contributed by atoms with van der Waals surface area (Å²) in [4.78, 5) is 37.2. The molecule has 8 heteroatoms. The van der Waals surface area contributed by atoms with Gasteiger partial charge in [0.25, 0.3) is 0 Å². The first-order valence-corrected chi connectivity index (χ1v) is 8.97. The Bertz CT molecular complexity index is 865. The number of ether oxygens (including phenoxy) is 1. The van der Waals surface area contributed by atoms with E-state index in [9.17, 15) is 14.4 Å². The van der Waals surface area contributed by atoms with Gasteiger partial charge in [-0.25, -0.2) is 4.79 Å². The zero-order valence-corrected chi connectivity index (χ0v) is 15.5. The fourth-order valence-electron chi connectivity index (χ4n) is 3.01. The van der Waals surface area contributed by atoms with E-state index in [1.165, 1.54) is 12.1 Å². The number of amides is 4. The van der Waals surface area contributed by atoms with Crippen LogP contribution in [0.25, 0.3) is 0 Å². The van der Waals surface area contributed by atoms with Gasteiger partial charge in [-0.1, -0.05) is 0 Å². The minimum atomic E-state index is -0.533. The first-order chi connectivity index (χ1) is 13.5. The quantitative estimate of drug-likeness (QED) is 0.710. The maximum absolute atomic E-state index is 12.3. The molecule has 0 spiro atoms. The van der Waals surface area contributed by atoms with Crippen molar-refractivity contribution in [1.29, 1.82) is 0 Å². The van der Waals surface area contributed by atoms with Crippen LogP contribution in [-0.4, -0.2) is 37.0 Å². The number of primary amides is 1. The average Bonchev–Trinajstić information content (AvgIpc) is 3.03. The van der Waals surface area contributed by atoms with Gasteiger partial charge in [-0.2, -0.15) is 0 Å². The molecule has 1 aliphatic heterocycles. The molecular weight excluding hydrogens is 360 g/mol. The molecule has 1 fully saturated rings. The van der Waals surface area contributed by atoms with E-state index < -0.39 is 11.9 Å². The van der Waals surface area contributed by atoms with Gasteiger partial charge in [0.15, 0.2) is 0 Å². The molecular formula is C20H22N4O4. The number of nitrogens with two attached hydrogens (primary N) is 1. The van der Waals surface area contributed by atoms with E-state index in [0.29, 0.717) is 24.4 Å². The molecule has 4 N–H and O–H groups in total. The Balaban J connectivity index is 1.56. The summed E-state index contributed by atoms with van der Waals surface area (Å²) in [5, 5.41) is 5.48. The van der Waals surface area contributed by atoms with Gasteiger partial charge in [0.2, 0.25) is 11.8 Å². The number of anilines is 2. The van der Waals surface area contributed by atoms with Crippen molar-refractivity contribution in [3.8, 4) is 5.75 Å². The minimum absolute atomic E-state index is 0.0553. The maximum atomic E-state index is 12.3. The fraction of sp³-hybridized carbons (Fsp3) is 0.250. The molecule has 0 saturated carbocycles. The van der Waals surface area contributed by atoms with Gasteiger partial charge < -0.3 is 26.0 Å². The van der Waals surface area contributed by atoms with Crippen LogP contribution in [-0.2, 0) is 4.79 Å². The predicted octanol–water partition coefficient (Wildman–Crippen LogP) is 2.11. The van der Waals surface area contributed by atoms with Crippen LogP contribution in [0.1, 0.15) is 23.7 Å². The van der Waals surface area contributed by atoms with Crippen LogP contribution < -0.4 is 26.0 Å². The van der Waals surface area contributed by atoms with Crippen LogP contribution in [0, 0.1) is 0 Å². The molecule has 28 heavy (non-hydrogen) atoms. The van der Waals surface area contributed by atoms with Crippen molar-refractivity contribution < 1.29 is 19.1 Å². The SMILES string of the molecule is CCOc1ccc(N2C[C@@H](NC(=O)Nc3ccc(C(N)=O)cc3)CC2=O)cc1. The molecule has 0 bridgehead atoms. The van der Waals surface area contributed by atoms with E-state index in [4.69, 9.17) is 10.5 Å². The molecule has 0 radical (unpaired) electrons. The standard InChI is InChI=1S/C20H22N4O4/c1-2-28-17-9-7-16(8-10-17)24-12-15(11-18(24)25)23-20(27)22-14-5-3-13(4-6-14)19(21)26/h3-10,15H,2,11-12H2,1H3,(H2,21,26)(H2,22,23,27)/t15-/m0/s1. The largest absolute Gasteiger partial charge is 0.494 e. The molecule has 2 aromatic carbocycles. The second-order valence-corrected chi connectivity index (χ2v) is 6.37. The second-order valence-electron chi connectivity index (χ2n) is 6.37. The highest BCUT2D eigenvalue weighted by atomic mass is 16.5. The van der Waals surface area contributed by atoms with Gasteiger partial charge in [-0.15, -0.1) is 0 Å². The van der Waals surface area contributed by atoms with Crippen molar-refractivity contribution in [2.24, 2.45) is 5.73 Å². The first kappa shape index (κ1) is 19.2. The third kappa shape index (κ3) is 4.59. The molecule has 1 saturated heterocycles. The number of nitrogens with zero attached hydrogens (tertiary/aromatic N) is 1. The van der Waals surface area contributed by atoms with E-state index in [-0.39, 0.29) is 18.4 Å². The van der Waals surface area contributed by atoms with Crippen molar-refractivity contribution in [2.75, 3.05) is 23.4 Å². The third-order valence-corrected chi connectivity index (χ3v) is 4.35. The second kappa shape index (κ2) is 8.43. The number of nitrogens with one attached hydrogen (secondary N) is 2. The van der Waals surface area contributed by atoms with Crippen LogP contribution >= 0.6 is 0 Å². The number of hydrogen-bond acceptors (Lipinski definition) is 4. The molecule has 8 nitrogen and oxygen atoms in total. The average molecular weight is 382 g/mol. The molecule has 1 heterocycles. The van der Waals surface area contributed by atoms with Crippen molar-refractivity contribution in [3.05, 3.63) is 54.1 Å². The van der Waals surface area contributed by atoms with Crippen molar-refractivity contribution in [1.82, 2.24) is 5.32 Å². The number of hydrogen-bond donors (Lipinski definition) is 3. The van der Waals surface area contributed by atoms with Crippen LogP contribution in [0.5, 0.6) is 5.75 Å². The van der Waals surface area contributed by atoms with Crippen molar-refractivity contribution >= 4 is 29.2 Å². The Hall–Kier alpha value is -3.55. The van der Waals surface area contributed by atoms with Gasteiger partial charge in [-0.05, 0) is 55.5 Å². The molecule has 4 amide bonds. The summed E-state index contributed by atoms with van der Waals surface area (Å²) in [6.45, 7) is 2.88. The number of carbonyl (C=O) groups is 3. The number of benzene rings is 2. The first-order valence-electron chi connectivity index (χ1n) is 8.97. The maximum Gasteiger partial charge on any atom is 0.319 e. The van der Waals surface area contributed by atoms with Crippen LogP contribution in [0.15, 0.2) is 48.5 Å². The summed E-state index contributed by atoms with van der Waals surface area (Å²) in [6.07, 6.45) is 0.223. The van der Waals surface area contributed by atoms with E-state index >= 15 is 0 Å². The summed E-state index contributed by atoms with van der Waals surface area (Å²) >= 11 is 0. The van der Waals surface area contributed by atoms with E-state index in [0.717, 1.165) is 11.4 Å². The lowest BCUT2D eigenvalue weighted by Crippen LogP contribution is -2.39. The molecule has 0 unspecified atom stereocenters. The normalized spacial score (nSPS) is 16.0. The predicted molar refractivity (Wildman–Crippen MR) is 105 cm³/mol. The van der Waals surface area contributed by atoms with E-state index in [1.807, 2.05) is 31.2 Å². The Labute approximate surface area is 162 Å². The molecule has 146 valence electrons. The summed E-state index contributed by atoms with van der Waals surface area (Å²) in [7, 11) is 0. The lowest BCUT2D eigenvalue weighted by atomic mass is 10.2. The summed E-state index contributed by atoms with van der Waals surface area (Å²) < 4.78 is 5.41. The zero-order chi connectivity index (χ0) is 20.1. The lowest BCUT2D eigenvalue weighted by Gasteiger charge is -2.18. The zero-order valence-electron chi connectivity index (χ0n) is 15.5. The lowest BCUT2D eigenvalue weighted by molar-refractivity contribution is -0.117. The highest BCUT2D eigenvalue weighted by Crippen LogP contribution is 2.24. The van der Waals surface area contributed by atoms with Gasteiger partial charge in [-0.3, -0.25) is 9.59 Å². The van der Waals surface area contributed by atoms with Gasteiger partial charge >= 0.3 is 6.03 Å². The topological polar surface area (TPSA) is 114 Å². The summed E-state index contributed by atoms with van der Waals surface area (Å²) in [5.74, 6) is 0.157. The van der Waals surface area contributed by atoms with E-state index in [2.05, 4.69) is 10.6 Å². The minimum Gasteiger partial charge on any atom is -0.494 e. The Kier molecular flexibility index (Phi) is 5.78. The van der Waals surface area contributed by atoms with E-state index in [1.54, 1.807) is 17.0 Å². The summed E-state index contributed by atoms with van der Waals surface area (Å²) in [5.41, 5.74) is 6.84. The van der Waals surface area contributed by atoms with Gasteiger partial charge in [0, 0.05) is 29.9 Å². The Morgan fingerprint density at radius 2 is 1.82 bits per heavy atom. The number of urea groups is 1. The summed E-state index contributed by atoms with van der Waals surface area (Å²) in [6, 6.07) is 12.8. The van der Waals surface area contributed by atoms with Crippen LogP contribution in [0.2, 0.25) is 0 Å². The number of carbonyl (C=O) groups excluding carboxylic acids is 3. The van der Waals surface area contributed by atoms with Crippen molar-refractivity contribution in [2.45, 2.75) is 19.4 Å².